The summed E-state index contributed by atoms with van der Waals surface area (Å²) in [5.41, 5.74) is 8.03. The van der Waals surface area contributed by atoms with Crippen LogP contribution < -0.4 is 5.73 Å². The number of nitrogens with zero attached hydrogens (tertiary/aromatic N) is 1. The van der Waals surface area contributed by atoms with Crippen LogP contribution in [0, 0.1) is 18.8 Å². The standard InChI is InChI=1S/C18H24N2O/c1-4-16-10-8-14(3)20(16)18(21)17-12-13(2)7-9-15(17)6-5-11-19/h7,9,12,14,16H,4,8,10-11,19H2,1-3H3. The van der Waals surface area contributed by atoms with E-state index < -0.39 is 0 Å². The molecule has 1 amide bonds. The molecule has 0 radical (unpaired) electrons. The van der Waals surface area contributed by atoms with Crippen LogP contribution in [0.5, 0.6) is 0 Å². The first-order valence-electron chi connectivity index (χ1n) is 7.70. The highest BCUT2D eigenvalue weighted by Gasteiger charge is 2.34. The molecule has 1 aromatic carbocycles. The topological polar surface area (TPSA) is 46.3 Å². The number of aryl methyl sites for hydroxylation is 1. The number of hydrogen-bond donors (Lipinski definition) is 1. The van der Waals surface area contributed by atoms with Crippen molar-refractivity contribution in [1.82, 2.24) is 4.90 Å². The Bertz CT molecular complexity index is 583. The summed E-state index contributed by atoms with van der Waals surface area (Å²) in [4.78, 5) is 15.0. The molecule has 2 atom stereocenters. The van der Waals surface area contributed by atoms with Crippen LogP contribution in [0.1, 0.15) is 54.6 Å². The van der Waals surface area contributed by atoms with Crippen LogP contribution in [0.15, 0.2) is 18.2 Å². The molecule has 0 spiro atoms. The molecule has 2 N–H and O–H groups in total. The Balaban J connectivity index is 2.40. The Kier molecular flexibility index (Phi) is 5.03. The van der Waals surface area contributed by atoms with E-state index in [0.717, 1.165) is 30.4 Å². The van der Waals surface area contributed by atoms with Gasteiger partial charge in [0.05, 0.1) is 12.1 Å². The molecule has 2 unspecified atom stereocenters. The number of carbonyl (C=O) groups excluding carboxylic acids is 1. The average molecular weight is 284 g/mol. The van der Waals surface area contributed by atoms with Gasteiger partial charge in [-0.25, -0.2) is 0 Å². The number of amides is 1. The summed E-state index contributed by atoms with van der Waals surface area (Å²) in [6.07, 6.45) is 3.19. The van der Waals surface area contributed by atoms with E-state index in [-0.39, 0.29) is 5.91 Å². The van der Waals surface area contributed by atoms with E-state index in [2.05, 4.69) is 25.7 Å². The number of nitrogens with two attached hydrogens (primary N) is 1. The monoisotopic (exact) mass is 284 g/mol. The molecule has 1 aromatic rings. The number of benzene rings is 1. The van der Waals surface area contributed by atoms with Gasteiger partial charge in [0.1, 0.15) is 0 Å². The Hall–Kier alpha value is -1.79. The molecule has 112 valence electrons. The maximum Gasteiger partial charge on any atom is 0.255 e. The first-order chi connectivity index (χ1) is 10.1. The summed E-state index contributed by atoms with van der Waals surface area (Å²) in [7, 11) is 0. The van der Waals surface area contributed by atoms with E-state index in [0.29, 0.717) is 24.2 Å². The second-order valence-electron chi connectivity index (χ2n) is 5.76. The van der Waals surface area contributed by atoms with Gasteiger partial charge in [0.25, 0.3) is 5.91 Å². The van der Waals surface area contributed by atoms with Gasteiger partial charge in [-0.15, -0.1) is 0 Å². The largest absolute Gasteiger partial charge is 0.333 e. The molecular weight excluding hydrogens is 260 g/mol. The van der Waals surface area contributed by atoms with Crippen molar-refractivity contribution in [2.45, 2.75) is 52.1 Å². The van der Waals surface area contributed by atoms with Crippen molar-refractivity contribution in [2.75, 3.05) is 6.54 Å². The zero-order valence-corrected chi connectivity index (χ0v) is 13.1. The lowest BCUT2D eigenvalue weighted by atomic mass is 10.0. The molecule has 0 aliphatic carbocycles. The van der Waals surface area contributed by atoms with E-state index in [9.17, 15) is 4.79 Å². The Morgan fingerprint density at radius 2 is 2.19 bits per heavy atom. The van der Waals surface area contributed by atoms with Gasteiger partial charge in [-0.1, -0.05) is 30.4 Å². The molecule has 3 nitrogen and oxygen atoms in total. The molecule has 3 heteroatoms. The van der Waals surface area contributed by atoms with E-state index in [1.807, 2.05) is 30.0 Å². The number of rotatable bonds is 2. The average Bonchev–Trinajstić information content (AvgIpc) is 2.86. The molecule has 0 bridgehead atoms. The quantitative estimate of drug-likeness (QED) is 0.849. The van der Waals surface area contributed by atoms with E-state index in [4.69, 9.17) is 5.73 Å². The molecule has 0 saturated carbocycles. The second-order valence-corrected chi connectivity index (χ2v) is 5.76. The van der Waals surface area contributed by atoms with Gasteiger partial charge in [-0.3, -0.25) is 4.79 Å². The normalized spacial score (nSPS) is 21.0. The molecule has 1 aliphatic heterocycles. The highest BCUT2D eigenvalue weighted by atomic mass is 16.2. The molecule has 1 aliphatic rings. The minimum Gasteiger partial charge on any atom is -0.333 e. The highest BCUT2D eigenvalue weighted by Crippen LogP contribution is 2.28. The number of hydrogen-bond acceptors (Lipinski definition) is 2. The summed E-state index contributed by atoms with van der Waals surface area (Å²) in [6, 6.07) is 6.51. The van der Waals surface area contributed by atoms with Crippen molar-refractivity contribution in [1.29, 1.82) is 0 Å². The van der Waals surface area contributed by atoms with Gasteiger partial charge in [-0.05, 0) is 45.2 Å². The third-order valence-electron chi connectivity index (χ3n) is 4.22. The lowest BCUT2D eigenvalue weighted by Gasteiger charge is -2.28. The number of likely N-dealkylation sites (tertiary alicyclic amines) is 1. The van der Waals surface area contributed by atoms with Gasteiger partial charge >= 0.3 is 0 Å². The van der Waals surface area contributed by atoms with Crippen LogP contribution in [0.4, 0.5) is 0 Å². The Morgan fingerprint density at radius 1 is 1.43 bits per heavy atom. The van der Waals surface area contributed by atoms with Crippen LogP contribution in [0.2, 0.25) is 0 Å². The lowest BCUT2D eigenvalue weighted by molar-refractivity contribution is 0.0676. The summed E-state index contributed by atoms with van der Waals surface area (Å²) in [5.74, 6) is 5.99. The zero-order valence-electron chi connectivity index (χ0n) is 13.1. The smallest absolute Gasteiger partial charge is 0.255 e. The minimum atomic E-state index is 0.108. The van der Waals surface area contributed by atoms with E-state index in [1.54, 1.807) is 0 Å². The first-order valence-corrected chi connectivity index (χ1v) is 7.70. The summed E-state index contributed by atoms with van der Waals surface area (Å²) in [5, 5.41) is 0. The molecule has 21 heavy (non-hydrogen) atoms. The maximum atomic E-state index is 13.0. The van der Waals surface area contributed by atoms with Crippen LogP contribution in [-0.4, -0.2) is 29.4 Å². The van der Waals surface area contributed by atoms with Gasteiger partial charge in [0.15, 0.2) is 0 Å². The summed E-state index contributed by atoms with van der Waals surface area (Å²) < 4.78 is 0. The lowest BCUT2D eigenvalue weighted by Crippen LogP contribution is -2.40. The molecular formula is C18H24N2O. The fraction of sp³-hybridized carbons (Fsp3) is 0.500. The molecule has 0 aromatic heterocycles. The fourth-order valence-electron chi connectivity index (χ4n) is 3.07. The Morgan fingerprint density at radius 3 is 2.86 bits per heavy atom. The number of carbonyl (C=O) groups is 1. The summed E-state index contributed by atoms with van der Waals surface area (Å²) >= 11 is 0. The summed E-state index contributed by atoms with van der Waals surface area (Å²) in [6.45, 7) is 6.59. The first kappa shape index (κ1) is 15.6. The van der Waals surface area contributed by atoms with Crippen LogP contribution >= 0.6 is 0 Å². The molecule has 1 fully saturated rings. The van der Waals surface area contributed by atoms with E-state index >= 15 is 0 Å². The van der Waals surface area contributed by atoms with Crippen molar-refractivity contribution in [3.05, 3.63) is 34.9 Å². The fourth-order valence-corrected chi connectivity index (χ4v) is 3.07. The van der Waals surface area contributed by atoms with Gasteiger partial charge < -0.3 is 10.6 Å². The van der Waals surface area contributed by atoms with Crippen LogP contribution in [0.25, 0.3) is 0 Å². The van der Waals surface area contributed by atoms with Gasteiger partial charge in [-0.2, -0.15) is 0 Å². The zero-order chi connectivity index (χ0) is 15.4. The highest BCUT2D eigenvalue weighted by molar-refractivity contribution is 5.97. The van der Waals surface area contributed by atoms with Crippen molar-refractivity contribution < 1.29 is 4.79 Å². The van der Waals surface area contributed by atoms with E-state index in [1.165, 1.54) is 0 Å². The minimum absolute atomic E-state index is 0.108. The predicted molar refractivity (Wildman–Crippen MR) is 86.1 cm³/mol. The molecule has 1 saturated heterocycles. The van der Waals surface area contributed by atoms with Crippen molar-refractivity contribution in [3.8, 4) is 11.8 Å². The molecule has 2 rings (SSSR count). The Labute approximate surface area is 127 Å². The molecule has 1 heterocycles. The van der Waals surface area contributed by atoms with Crippen LogP contribution in [0.3, 0.4) is 0 Å². The van der Waals surface area contributed by atoms with Crippen molar-refractivity contribution >= 4 is 5.91 Å². The predicted octanol–water partition coefficient (Wildman–Crippen LogP) is 2.71. The maximum absolute atomic E-state index is 13.0. The third kappa shape index (κ3) is 3.28. The van der Waals surface area contributed by atoms with Crippen molar-refractivity contribution in [3.63, 3.8) is 0 Å². The second kappa shape index (κ2) is 6.78. The van der Waals surface area contributed by atoms with Crippen LogP contribution in [-0.2, 0) is 0 Å². The van der Waals surface area contributed by atoms with Gasteiger partial charge in [0.2, 0.25) is 0 Å². The van der Waals surface area contributed by atoms with Crippen molar-refractivity contribution in [2.24, 2.45) is 5.73 Å². The third-order valence-corrected chi connectivity index (χ3v) is 4.22. The van der Waals surface area contributed by atoms with Gasteiger partial charge in [0, 0.05) is 17.6 Å². The SMILES string of the molecule is CCC1CCC(C)N1C(=O)c1cc(C)ccc1C#CCN.